The van der Waals surface area contributed by atoms with Gasteiger partial charge in [0.25, 0.3) is 0 Å². The maximum atomic E-state index is 12.7. The van der Waals surface area contributed by atoms with Crippen molar-refractivity contribution in [2.45, 2.75) is 13.8 Å². The number of carbonyl (C=O) groups excluding carboxylic acids is 1. The van der Waals surface area contributed by atoms with Gasteiger partial charge in [0.2, 0.25) is 0 Å². The van der Waals surface area contributed by atoms with Gasteiger partial charge >= 0.3 is 6.09 Å². The first-order chi connectivity index (χ1) is 13.6. The molecule has 5 heteroatoms. The second-order valence-electron chi connectivity index (χ2n) is 6.27. The lowest BCUT2D eigenvalue weighted by Gasteiger charge is -2.21. The van der Waals surface area contributed by atoms with Crippen molar-refractivity contribution in [3.63, 3.8) is 0 Å². The molecule has 3 aromatic carbocycles. The van der Waals surface area contributed by atoms with Gasteiger partial charge in [-0.25, -0.2) is 4.79 Å². The highest BCUT2D eigenvalue weighted by atomic mass is 16.6. The lowest BCUT2D eigenvalue weighted by molar-refractivity contribution is 0.158. The second kappa shape index (κ2) is 8.65. The summed E-state index contributed by atoms with van der Waals surface area (Å²) in [5, 5.41) is 1.87. The molecule has 0 bridgehead atoms. The van der Waals surface area contributed by atoms with Crippen LogP contribution in [0.15, 0.2) is 54.6 Å². The van der Waals surface area contributed by atoms with E-state index in [9.17, 15) is 4.79 Å². The first kappa shape index (κ1) is 19.5. The zero-order chi connectivity index (χ0) is 20.1. The summed E-state index contributed by atoms with van der Waals surface area (Å²) < 4.78 is 16.8. The molecule has 5 nitrogen and oxygen atoms in total. The molecule has 3 aromatic rings. The number of fused-ring (bicyclic) bond motifs is 1. The molecule has 3 rings (SSSR count). The van der Waals surface area contributed by atoms with Crippen molar-refractivity contribution in [2.75, 3.05) is 27.3 Å². The standard InChI is InChI=1S/C23H25NO4/c1-5-24(6-2)23(25)28-22-18-10-8-7-9-16(18)11-13-20(22)19-14-12-17(26-3)15-21(19)27-4/h7-15H,5-6H2,1-4H3. The van der Waals surface area contributed by atoms with E-state index in [4.69, 9.17) is 14.2 Å². The molecular formula is C23H25NO4. The van der Waals surface area contributed by atoms with E-state index in [1.807, 2.05) is 68.4 Å². The summed E-state index contributed by atoms with van der Waals surface area (Å²) in [4.78, 5) is 14.4. The Labute approximate surface area is 165 Å². The highest BCUT2D eigenvalue weighted by Crippen LogP contribution is 2.42. The number of benzene rings is 3. The first-order valence-corrected chi connectivity index (χ1v) is 9.33. The SMILES string of the molecule is CCN(CC)C(=O)Oc1c(-c2ccc(OC)cc2OC)ccc2ccccc12. The molecule has 0 saturated carbocycles. The lowest BCUT2D eigenvalue weighted by Crippen LogP contribution is -2.33. The maximum absolute atomic E-state index is 12.7. The molecule has 0 aliphatic rings. The molecule has 28 heavy (non-hydrogen) atoms. The van der Waals surface area contributed by atoms with Crippen LogP contribution < -0.4 is 14.2 Å². The fourth-order valence-corrected chi connectivity index (χ4v) is 3.22. The van der Waals surface area contributed by atoms with E-state index >= 15 is 0 Å². The largest absolute Gasteiger partial charge is 0.497 e. The van der Waals surface area contributed by atoms with Gasteiger partial charge < -0.3 is 19.1 Å². The molecule has 0 heterocycles. The van der Waals surface area contributed by atoms with Crippen LogP contribution in [0.1, 0.15) is 13.8 Å². The van der Waals surface area contributed by atoms with E-state index in [2.05, 4.69) is 0 Å². The number of hydrogen-bond donors (Lipinski definition) is 0. The van der Waals surface area contributed by atoms with Crippen LogP contribution in [0.2, 0.25) is 0 Å². The molecule has 0 aliphatic heterocycles. The Morgan fingerprint density at radius 1 is 0.893 bits per heavy atom. The van der Waals surface area contributed by atoms with Crippen LogP contribution in [-0.4, -0.2) is 38.3 Å². The number of carbonyl (C=O) groups is 1. The van der Waals surface area contributed by atoms with E-state index in [1.165, 1.54) is 0 Å². The quantitative estimate of drug-likeness (QED) is 0.578. The number of rotatable bonds is 6. The minimum Gasteiger partial charge on any atom is -0.497 e. The Bertz CT molecular complexity index is 979. The predicted octanol–water partition coefficient (Wildman–Crippen LogP) is 5.36. The van der Waals surface area contributed by atoms with Gasteiger partial charge in [0.05, 0.1) is 14.2 Å². The number of hydrogen-bond acceptors (Lipinski definition) is 4. The second-order valence-corrected chi connectivity index (χ2v) is 6.27. The lowest BCUT2D eigenvalue weighted by atomic mass is 9.98. The van der Waals surface area contributed by atoms with Crippen LogP contribution in [-0.2, 0) is 0 Å². The minimum atomic E-state index is -0.366. The third kappa shape index (κ3) is 3.74. The summed E-state index contributed by atoms with van der Waals surface area (Å²) in [7, 11) is 3.22. The molecule has 0 spiro atoms. The number of ether oxygens (including phenoxy) is 3. The Morgan fingerprint density at radius 3 is 2.29 bits per heavy atom. The topological polar surface area (TPSA) is 48.0 Å². The van der Waals surface area contributed by atoms with Crippen LogP contribution in [0.25, 0.3) is 21.9 Å². The van der Waals surface area contributed by atoms with Gasteiger partial charge in [-0.3, -0.25) is 0 Å². The van der Waals surface area contributed by atoms with Crippen molar-refractivity contribution in [3.05, 3.63) is 54.6 Å². The molecule has 0 aliphatic carbocycles. The summed E-state index contributed by atoms with van der Waals surface area (Å²) in [5.74, 6) is 1.87. The summed E-state index contributed by atoms with van der Waals surface area (Å²) in [6.45, 7) is 5.03. The van der Waals surface area contributed by atoms with Gasteiger partial charge in [0, 0.05) is 35.7 Å². The molecule has 0 atom stereocenters. The van der Waals surface area contributed by atoms with Gasteiger partial charge in [-0.2, -0.15) is 0 Å². The third-order valence-electron chi connectivity index (χ3n) is 4.79. The van der Waals surface area contributed by atoms with Crippen molar-refractivity contribution < 1.29 is 19.0 Å². The Morgan fingerprint density at radius 2 is 1.61 bits per heavy atom. The van der Waals surface area contributed by atoms with Crippen LogP contribution >= 0.6 is 0 Å². The van der Waals surface area contributed by atoms with E-state index < -0.39 is 0 Å². The summed E-state index contributed by atoms with van der Waals surface area (Å²) in [6, 6.07) is 17.4. The number of amides is 1. The Kier molecular flexibility index (Phi) is 6.04. The highest BCUT2D eigenvalue weighted by Gasteiger charge is 2.20. The Balaban J connectivity index is 2.19. The van der Waals surface area contributed by atoms with Crippen molar-refractivity contribution >= 4 is 16.9 Å². The van der Waals surface area contributed by atoms with Crippen LogP contribution in [0.5, 0.6) is 17.2 Å². The highest BCUT2D eigenvalue weighted by molar-refractivity contribution is 5.97. The molecule has 0 radical (unpaired) electrons. The van der Waals surface area contributed by atoms with Crippen LogP contribution in [0.4, 0.5) is 4.79 Å². The molecular weight excluding hydrogens is 354 g/mol. The molecule has 0 fully saturated rings. The van der Waals surface area contributed by atoms with Gasteiger partial charge in [0.15, 0.2) is 0 Å². The van der Waals surface area contributed by atoms with Crippen molar-refractivity contribution in [1.82, 2.24) is 4.90 Å². The molecule has 1 amide bonds. The van der Waals surface area contributed by atoms with Gasteiger partial charge in [-0.1, -0.05) is 30.3 Å². The normalized spacial score (nSPS) is 10.6. The van der Waals surface area contributed by atoms with Crippen molar-refractivity contribution in [2.24, 2.45) is 0 Å². The number of nitrogens with zero attached hydrogens (tertiary/aromatic N) is 1. The van der Waals surface area contributed by atoms with Crippen LogP contribution in [0.3, 0.4) is 0 Å². The average Bonchev–Trinajstić information content (AvgIpc) is 2.74. The minimum absolute atomic E-state index is 0.366. The molecule has 146 valence electrons. The molecule has 0 aromatic heterocycles. The van der Waals surface area contributed by atoms with E-state index in [0.29, 0.717) is 30.3 Å². The smallest absolute Gasteiger partial charge is 0.415 e. The molecule has 0 saturated heterocycles. The average molecular weight is 379 g/mol. The maximum Gasteiger partial charge on any atom is 0.415 e. The monoisotopic (exact) mass is 379 g/mol. The Hall–Kier alpha value is -3.21. The first-order valence-electron chi connectivity index (χ1n) is 9.33. The van der Waals surface area contributed by atoms with Gasteiger partial charge in [-0.05, 0) is 37.4 Å². The summed E-state index contributed by atoms with van der Waals surface area (Å²) >= 11 is 0. The van der Waals surface area contributed by atoms with Crippen LogP contribution in [0, 0.1) is 0 Å². The number of methoxy groups -OCH3 is 2. The fraction of sp³-hybridized carbons (Fsp3) is 0.261. The summed E-state index contributed by atoms with van der Waals surface area (Å²) in [5.41, 5.74) is 1.62. The zero-order valence-electron chi connectivity index (χ0n) is 16.7. The zero-order valence-corrected chi connectivity index (χ0v) is 16.7. The molecule has 0 N–H and O–H groups in total. The van der Waals surface area contributed by atoms with Crippen molar-refractivity contribution in [1.29, 1.82) is 0 Å². The van der Waals surface area contributed by atoms with E-state index in [0.717, 1.165) is 21.9 Å². The fourth-order valence-electron chi connectivity index (χ4n) is 3.22. The molecule has 0 unspecified atom stereocenters. The van der Waals surface area contributed by atoms with Gasteiger partial charge in [-0.15, -0.1) is 0 Å². The van der Waals surface area contributed by atoms with E-state index in [1.54, 1.807) is 19.1 Å². The van der Waals surface area contributed by atoms with Crippen molar-refractivity contribution in [3.8, 4) is 28.4 Å². The third-order valence-corrected chi connectivity index (χ3v) is 4.79. The van der Waals surface area contributed by atoms with Gasteiger partial charge in [0.1, 0.15) is 17.2 Å². The van der Waals surface area contributed by atoms with E-state index in [-0.39, 0.29) is 6.09 Å². The summed E-state index contributed by atoms with van der Waals surface area (Å²) in [6.07, 6.45) is -0.366. The predicted molar refractivity (Wildman–Crippen MR) is 111 cm³/mol.